The fourth-order valence-corrected chi connectivity index (χ4v) is 3.78. The molecule has 0 spiro atoms. The SMILES string of the molecule is N[C@@H](CC(=O)N1CCn2c(nc3cc(Cl)ccc32)C1)Cc1cc(F)ccc1F. The van der Waals surface area contributed by atoms with Crippen LogP contribution in [0.25, 0.3) is 11.0 Å². The van der Waals surface area contributed by atoms with E-state index in [2.05, 4.69) is 9.55 Å². The molecule has 2 N–H and O–H groups in total. The van der Waals surface area contributed by atoms with Crippen molar-refractivity contribution in [3.05, 3.63) is 64.4 Å². The summed E-state index contributed by atoms with van der Waals surface area (Å²) in [4.78, 5) is 18.9. The molecule has 2 aromatic carbocycles. The van der Waals surface area contributed by atoms with E-state index in [1.54, 1.807) is 11.0 Å². The minimum atomic E-state index is -0.594. The lowest BCUT2D eigenvalue weighted by atomic mass is 10.0. The number of benzene rings is 2. The molecule has 0 saturated heterocycles. The lowest BCUT2D eigenvalue weighted by molar-refractivity contribution is -0.133. The number of amides is 1. The summed E-state index contributed by atoms with van der Waals surface area (Å²) in [5.74, 6) is -0.373. The molecule has 1 amide bonds. The van der Waals surface area contributed by atoms with Crippen molar-refractivity contribution < 1.29 is 13.6 Å². The van der Waals surface area contributed by atoms with Gasteiger partial charge in [-0.3, -0.25) is 4.79 Å². The molecule has 1 atom stereocenters. The number of carbonyl (C=O) groups is 1. The second-order valence-electron chi connectivity index (χ2n) is 7.03. The Morgan fingerprint density at radius 1 is 1.21 bits per heavy atom. The van der Waals surface area contributed by atoms with Crippen molar-refractivity contribution in [2.45, 2.75) is 32.0 Å². The first-order valence-corrected chi connectivity index (χ1v) is 9.40. The monoisotopic (exact) mass is 404 g/mol. The molecule has 3 aromatic rings. The molecule has 1 aliphatic heterocycles. The first kappa shape index (κ1) is 18.8. The van der Waals surface area contributed by atoms with Crippen molar-refractivity contribution in [3.63, 3.8) is 0 Å². The van der Waals surface area contributed by atoms with Gasteiger partial charge in [0.1, 0.15) is 17.5 Å². The van der Waals surface area contributed by atoms with E-state index in [0.29, 0.717) is 24.7 Å². The number of hydrogen-bond donors (Lipinski definition) is 1. The van der Waals surface area contributed by atoms with Gasteiger partial charge in [0.05, 0.1) is 17.6 Å². The Kier molecular flexibility index (Phi) is 5.03. The van der Waals surface area contributed by atoms with Gasteiger partial charge in [-0.05, 0) is 48.4 Å². The van der Waals surface area contributed by atoms with Gasteiger partial charge in [-0.1, -0.05) is 11.6 Å². The summed E-state index contributed by atoms with van der Waals surface area (Å²) in [5.41, 5.74) is 8.00. The number of fused-ring (bicyclic) bond motifs is 3. The Balaban J connectivity index is 1.43. The third-order valence-electron chi connectivity index (χ3n) is 4.99. The number of nitrogens with zero attached hydrogens (tertiary/aromatic N) is 3. The molecule has 0 saturated carbocycles. The molecule has 2 heterocycles. The van der Waals surface area contributed by atoms with Gasteiger partial charge in [0.25, 0.3) is 0 Å². The van der Waals surface area contributed by atoms with Crippen LogP contribution in [0.4, 0.5) is 8.78 Å². The van der Waals surface area contributed by atoms with E-state index < -0.39 is 17.7 Å². The van der Waals surface area contributed by atoms with E-state index in [0.717, 1.165) is 35.1 Å². The molecule has 8 heteroatoms. The fourth-order valence-electron chi connectivity index (χ4n) is 3.61. The highest BCUT2D eigenvalue weighted by atomic mass is 35.5. The third kappa shape index (κ3) is 3.72. The minimum absolute atomic E-state index is 0.0575. The topological polar surface area (TPSA) is 64.2 Å². The summed E-state index contributed by atoms with van der Waals surface area (Å²) in [6.07, 6.45) is 0.155. The van der Waals surface area contributed by atoms with Crippen molar-refractivity contribution in [3.8, 4) is 0 Å². The van der Waals surface area contributed by atoms with Crippen LogP contribution < -0.4 is 5.73 Å². The molecular weight excluding hydrogens is 386 g/mol. The molecule has 0 fully saturated rings. The summed E-state index contributed by atoms with van der Waals surface area (Å²) >= 11 is 6.03. The van der Waals surface area contributed by atoms with Crippen LogP contribution in [0.3, 0.4) is 0 Å². The van der Waals surface area contributed by atoms with Crippen LogP contribution >= 0.6 is 11.6 Å². The second-order valence-corrected chi connectivity index (χ2v) is 7.47. The smallest absolute Gasteiger partial charge is 0.224 e. The maximum atomic E-state index is 13.8. The molecule has 1 aromatic heterocycles. The number of aromatic nitrogens is 2. The molecular formula is C20H19ClF2N4O. The van der Waals surface area contributed by atoms with E-state index in [-0.39, 0.29) is 24.3 Å². The van der Waals surface area contributed by atoms with Crippen molar-refractivity contribution in [2.24, 2.45) is 5.73 Å². The maximum absolute atomic E-state index is 13.8. The summed E-state index contributed by atoms with van der Waals surface area (Å²) < 4.78 is 29.2. The lowest BCUT2D eigenvalue weighted by Crippen LogP contribution is -2.41. The summed E-state index contributed by atoms with van der Waals surface area (Å²) in [7, 11) is 0. The van der Waals surface area contributed by atoms with Gasteiger partial charge in [-0.2, -0.15) is 0 Å². The Morgan fingerprint density at radius 2 is 2.04 bits per heavy atom. The Hall–Kier alpha value is -2.51. The van der Waals surface area contributed by atoms with Gasteiger partial charge >= 0.3 is 0 Å². The van der Waals surface area contributed by atoms with Crippen LogP contribution in [-0.2, 0) is 24.3 Å². The average molecular weight is 405 g/mol. The van der Waals surface area contributed by atoms with Crippen molar-refractivity contribution in [1.29, 1.82) is 0 Å². The number of carbonyl (C=O) groups excluding carboxylic acids is 1. The zero-order valence-electron chi connectivity index (χ0n) is 15.0. The highest BCUT2D eigenvalue weighted by Gasteiger charge is 2.25. The van der Waals surface area contributed by atoms with Crippen LogP contribution in [0.5, 0.6) is 0 Å². The fraction of sp³-hybridized carbons (Fsp3) is 0.300. The quantitative estimate of drug-likeness (QED) is 0.725. The van der Waals surface area contributed by atoms with E-state index in [1.165, 1.54) is 0 Å². The molecule has 0 radical (unpaired) electrons. The van der Waals surface area contributed by atoms with Crippen LogP contribution in [0.1, 0.15) is 17.8 Å². The highest BCUT2D eigenvalue weighted by Crippen LogP contribution is 2.24. The van der Waals surface area contributed by atoms with Gasteiger partial charge in [0, 0.05) is 30.6 Å². The zero-order chi connectivity index (χ0) is 19.8. The molecule has 146 valence electrons. The standard InChI is InChI=1S/C20H19ClF2N4O/c21-13-1-4-18-17(9-13)25-19-11-26(5-6-27(18)19)20(28)10-15(24)8-12-7-14(22)2-3-16(12)23/h1-4,7,9,15H,5-6,8,10-11,24H2/t15-/m1/s1. The zero-order valence-corrected chi connectivity index (χ0v) is 15.8. The summed E-state index contributed by atoms with van der Waals surface area (Å²) in [5, 5.41) is 0.617. The highest BCUT2D eigenvalue weighted by molar-refractivity contribution is 6.31. The summed E-state index contributed by atoms with van der Waals surface area (Å²) in [6.45, 7) is 1.56. The number of hydrogen-bond acceptors (Lipinski definition) is 3. The van der Waals surface area contributed by atoms with Gasteiger partial charge in [-0.15, -0.1) is 0 Å². The van der Waals surface area contributed by atoms with E-state index in [9.17, 15) is 13.6 Å². The predicted octanol–water partition coefficient (Wildman–Crippen LogP) is 3.27. The van der Waals surface area contributed by atoms with Crippen LogP contribution in [0.15, 0.2) is 36.4 Å². The molecule has 5 nitrogen and oxygen atoms in total. The van der Waals surface area contributed by atoms with E-state index in [4.69, 9.17) is 17.3 Å². The Morgan fingerprint density at radius 3 is 2.86 bits per heavy atom. The Labute approximate surface area is 165 Å². The molecule has 0 bridgehead atoms. The molecule has 0 aliphatic carbocycles. The van der Waals surface area contributed by atoms with Crippen molar-refractivity contribution in [2.75, 3.05) is 6.54 Å². The van der Waals surface area contributed by atoms with Crippen LogP contribution in [-0.4, -0.2) is 32.9 Å². The molecule has 0 unspecified atom stereocenters. The molecule has 28 heavy (non-hydrogen) atoms. The largest absolute Gasteiger partial charge is 0.333 e. The number of rotatable bonds is 4. The first-order valence-electron chi connectivity index (χ1n) is 9.02. The van der Waals surface area contributed by atoms with Crippen LogP contribution in [0, 0.1) is 11.6 Å². The Bertz CT molecular complexity index is 1050. The average Bonchev–Trinajstić information content (AvgIpc) is 3.01. The van der Waals surface area contributed by atoms with Gasteiger partial charge < -0.3 is 15.2 Å². The molecule has 4 rings (SSSR count). The van der Waals surface area contributed by atoms with Crippen LogP contribution in [0.2, 0.25) is 5.02 Å². The summed E-state index contributed by atoms with van der Waals surface area (Å²) in [6, 6.07) is 8.20. The normalized spacial score (nSPS) is 14.9. The first-order chi connectivity index (χ1) is 13.4. The van der Waals surface area contributed by atoms with Crippen molar-refractivity contribution >= 4 is 28.5 Å². The van der Waals surface area contributed by atoms with E-state index >= 15 is 0 Å². The van der Waals surface area contributed by atoms with Crippen molar-refractivity contribution in [1.82, 2.24) is 14.5 Å². The minimum Gasteiger partial charge on any atom is -0.333 e. The van der Waals surface area contributed by atoms with Gasteiger partial charge in [0.15, 0.2) is 0 Å². The second kappa shape index (κ2) is 7.48. The third-order valence-corrected chi connectivity index (χ3v) is 5.23. The number of imidazole rings is 1. The van der Waals surface area contributed by atoms with Gasteiger partial charge in [-0.25, -0.2) is 13.8 Å². The molecule has 1 aliphatic rings. The lowest BCUT2D eigenvalue weighted by Gasteiger charge is -2.29. The number of nitrogens with two attached hydrogens (primary N) is 1. The van der Waals surface area contributed by atoms with Gasteiger partial charge in [0.2, 0.25) is 5.91 Å². The maximum Gasteiger partial charge on any atom is 0.224 e. The number of halogens is 3. The predicted molar refractivity (Wildman–Crippen MR) is 103 cm³/mol. The van der Waals surface area contributed by atoms with E-state index in [1.807, 2.05) is 12.1 Å².